The van der Waals surface area contributed by atoms with Crippen molar-refractivity contribution in [2.24, 2.45) is 0 Å². The van der Waals surface area contributed by atoms with Gasteiger partial charge >= 0.3 is 0 Å². The Kier molecular flexibility index (Phi) is 5.66. The summed E-state index contributed by atoms with van der Waals surface area (Å²) in [6.07, 6.45) is 1.76. The number of carbonyl (C=O) groups is 1. The molecule has 2 N–H and O–H groups in total. The SMILES string of the molecule is CC(C)NS(=O)(=O)c1cccc(C(=O)N2CCC(c3cc4ccccc4[nH]3)CC2)c1. The minimum absolute atomic E-state index is 0.119. The fraction of sp³-hybridized carbons (Fsp3) is 0.348. The lowest BCUT2D eigenvalue weighted by Gasteiger charge is -2.31. The molecule has 1 aliphatic heterocycles. The van der Waals surface area contributed by atoms with E-state index in [0.717, 1.165) is 18.4 Å². The molecule has 6 nitrogen and oxygen atoms in total. The van der Waals surface area contributed by atoms with Crippen molar-refractivity contribution in [1.29, 1.82) is 0 Å². The molecule has 1 aromatic heterocycles. The van der Waals surface area contributed by atoms with Crippen LogP contribution in [0.3, 0.4) is 0 Å². The number of aromatic amines is 1. The average molecular weight is 426 g/mol. The van der Waals surface area contributed by atoms with E-state index in [4.69, 9.17) is 0 Å². The number of rotatable bonds is 5. The van der Waals surface area contributed by atoms with E-state index < -0.39 is 10.0 Å². The van der Waals surface area contributed by atoms with Crippen LogP contribution in [-0.2, 0) is 10.0 Å². The number of hydrogen-bond acceptors (Lipinski definition) is 3. The van der Waals surface area contributed by atoms with E-state index in [0.29, 0.717) is 24.6 Å². The highest BCUT2D eigenvalue weighted by molar-refractivity contribution is 7.89. The van der Waals surface area contributed by atoms with E-state index >= 15 is 0 Å². The summed E-state index contributed by atoms with van der Waals surface area (Å²) in [5.74, 6) is 0.273. The van der Waals surface area contributed by atoms with Crippen LogP contribution in [0.4, 0.5) is 0 Å². The van der Waals surface area contributed by atoms with Gasteiger partial charge in [0.05, 0.1) is 4.90 Å². The van der Waals surface area contributed by atoms with E-state index in [2.05, 4.69) is 27.9 Å². The van der Waals surface area contributed by atoms with Gasteiger partial charge in [0.15, 0.2) is 0 Å². The molecule has 158 valence electrons. The first-order chi connectivity index (χ1) is 14.3. The van der Waals surface area contributed by atoms with Crippen LogP contribution in [0.25, 0.3) is 10.9 Å². The van der Waals surface area contributed by atoms with Crippen molar-refractivity contribution in [2.75, 3.05) is 13.1 Å². The molecular weight excluding hydrogens is 398 g/mol. The Morgan fingerprint density at radius 2 is 1.80 bits per heavy atom. The van der Waals surface area contributed by atoms with Crippen molar-refractivity contribution in [1.82, 2.24) is 14.6 Å². The Labute approximate surface area is 177 Å². The largest absolute Gasteiger partial charge is 0.358 e. The summed E-state index contributed by atoms with van der Waals surface area (Å²) in [6.45, 7) is 4.84. The third kappa shape index (κ3) is 4.27. The van der Waals surface area contributed by atoms with Crippen LogP contribution >= 0.6 is 0 Å². The van der Waals surface area contributed by atoms with Gasteiger partial charge in [-0.2, -0.15) is 0 Å². The van der Waals surface area contributed by atoms with E-state index in [-0.39, 0.29) is 16.8 Å². The van der Waals surface area contributed by atoms with Crippen LogP contribution in [-0.4, -0.2) is 43.3 Å². The number of likely N-dealkylation sites (tertiary alicyclic amines) is 1. The summed E-state index contributed by atoms with van der Waals surface area (Å²) in [7, 11) is -3.63. The standard InChI is InChI=1S/C23H27N3O3S/c1-16(2)25-30(28,29)20-8-5-7-19(14-20)23(27)26-12-10-17(11-13-26)22-15-18-6-3-4-9-21(18)24-22/h3-9,14-17,24-25H,10-13H2,1-2H3. The quantitative estimate of drug-likeness (QED) is 0.651. The van der Waals surface area contributed by atoms with Crippen molar-refractivity contribution in [3.8, 4) is 0 Å². The Balaban J connectivity index is 1.45. The van der Waals surface area contributed by atoms with Gasteiger partial charge in [-0.05, 0) is 62.4 Å². The number of piperidine rings is 1. The molecule has 1 amide bonds. The van der Waals surface area contributed by atoms with Gasteiger partial charge in [0.1, 0.15) is 0 Å². The lowest BCUT2D eigenvalue weighted by Crippen LogP contribution is -2.38. The van der Waals surface area contributed by atoms with Crippen molar-refractivity contribution in [3.63, 3.8) is 0 Å². The van der Waals surface area contributed by atoms with Gasteiger partial charge in [-0.25, -0.2) is 13.1 Å². The number of H-pyrrole nitrogens is 1. The van der Waals surface area contributed by atoms with Gasteiger partial charge in [-0.1, -0.05) is 24.3 Å². The number of nitrogens with zero attached hydrogens (tertiary/aromatic N) is 1. The molecule has 1 fully saturated rings. The number of aromatic nitrogens is 1. The molecule has 0 spiro atoms. The van der Waals surface area contributed by atoms with Crippen LogP contribution in [0.2, 0.25) is 0 Å². The first kappa shape index (κ1) is 20.6. The number of sulfonamides is 1. The molecule has 0 saturated carbocycles. The van der Waals surface area contributed by atoms with E-state index in [1.165, 1.54) is 23.2 Å². The highest BCUT2D eigenvalue weighted by Gasteiger charge is 2.26. The van der Waals surface area contributed by atoms with Gasteiger partial charge in [0, 0.05) is 41.8 Å². The maximum atomic E-state index is 13.0. The summed E-state index contributed by atoms with van der Waals surface area (Å²) < 4.78 is 27.4. The van der Waals surface area contributed by atoms with Crippen molar-refractivity contribution in [2.45, 2.75) is 43.5 Å². The Hall–Kier alpha value is -2.64. The van der Waals surface area contributed by atoms with Crippen LogP contribution in [0.15, 0.2) is 59.5 Å². The lowest BCUT2D eigenvalue weighted by atomic mass is 9.93. The monoisotopic (exact) mass is 425 g/mol. The van der Waals surface area contributed by atoms with E-state index in [1.54, 1.807) is 26.0 Å². The Bertz CT molecular complexity index is 1130. The summed E-state index contributed by atoms with van der Waals surface area (Å²) in [5.41, 5.74) is 2.76. The molecule has 1 saturated heterocycles. The van der Waals surface area contributed by atoms with Crippen molar-refractivity contribution < 1.29 is 13.2 Å². The maximum absolute atomic E-state index is 13.0. The summed E-state index contributed by atoms with van der Waals surface area (Å²) >= 11 is 0. The highest BCUT2D eigenvalue weighted by atomic mass is 32.2. The van der Waals surface area contributed by atoms with Crippen molar-refractivity contribution in [3.05, 3.63) is 65.9 Å². The zero-order valence-electron chi connectivity index (χ0n) is 17.3. The maximum Gasteiger partial charge on any atom is 0.253 e. The third-order valence-electron chi connectivity index (χ3n) is 5.55. The van der Waals surface area contributed by atoms with Crippen LogP contribution < -0.4 is 4.72 Å². The second-order valence-electron chi connectivity index (χ2n) is 8.18. The molecule has 3 aromatic rings. The fourth-order valence-corrected chi connectivity index (χ4v) is 5.36. The molecule has 7 heteroatoms. The number of carbonyl (C=O) groups excluding carboxylic acids is 1. The first-order valence-corrected chi connectivity index (χ1v) is 11.8. The molecule has 30 heavy (non-hydrogen) atoms. The molecule has 4 rings (SSSR count). The van der Waals surface area contributed by atoms with Gasteiger partial charge in [0.2, 0.25) is 10.0 Å². The summed E-state index contributed by atoms with van der Waals surface area (Å²) in [4.78, 5) is 18.4. The molecular formula is C23H27N3O3S. The fourth-order valence-electron chi connectivity index (χ4n) is 4.07. The molecule has 0 bridgehead atoms. The minimum Gasteiger partial charge on any atom is -0.358 e. The van der Waals surface area contributed by atoms with Crippen LogP contribution in [0.5, 0.6) is 0 Å². The second kappa shape index (κ2) is 8.24. The zero-order chi connectivity index (χ0) is 21.3. The molecule has 2 heterocycles. The summed E-state index contributed by atoms with van der Waals surface area (Å²) in [5, 5.41) is 1.21. The van der Waals surface area contributed by atoms with E-state index in [9.17, 15) is 13.2 Å². The molecule has 1 aliphatic rings. The number of nitrogens with one attached hydrogen (secondary N) is 2. The molecule has 2 aromatic carbocycles. The van der Waals surface area contributed by atoms with Gasteiger partial charge in [-0.15, -0.1) is 0 Å². The predicted octanol–water partition coefficient (Wildman–Crippen LogP) is 3.87. The molecule has 0 unspecified atom stereocenters. The number of hydrogen-bond donors (Lipinski definition) is 2. The van der Waals surface area contributed by atoms with Crippen molar-refractivity contribution >= 4 is 26.8 Å². The lowest BCUT2D eigenvalue weighted by molar-refractivity contribution is 0.0712. The molecule has 0 atom stereocenters. The average Bonchev–Trinajstić information content (AvgIpc) is 3.17. The number of para-hydroxylation sites is 1. The van der Waals surface area contributed by atoms with Gasteiger partial charge in [-0.3, -0.25) is 4.79 Å². The normalized spacial score (nSPS) is 15.8. The Morgan fingerprint density at radius 1 is 1.07 bits per heavy atom. The Morgan fingerprint density at radius 3 is 2.50 bits per heavy atom. The zero-order valence-corrected chi connectivity index (χ0v) is 18.1. The second-order valence-corrected chi connectivity index (χ2v) is 9.90. The smallest absolute Gasteiger partial charge is 0.253 e. The predicted molar refractivity (Wildman–Crippen MR) is 118 cm³/mol. The topological polar surface area (TPSA) is 82.3 Å². The molecule has 0 radical (unpaired) electrons. The third-order valence-corrected chi connectivity index (χ3v) is 7.21. The first-order valence-electron chi connectivity index (χ1n) is 10.3. The van der Waals surface area contributed by atoms with Crippen LogP contribution in [0, 0.1) is 0 Å². The number of fused-ring (bicyclic) bond motifs is 1. The minimum atomic E-state index is -3.63. The highest BCUT2D eigenvalue weighted by Crippen LogP contribution is 2.30. The van der Waals surface area contributed by atoms with E-state index in [1.807, 2.05) is 17.0 Å². The van der Waals surface area contributed by atoms with Crippen LogP contribution in [0.1, 0.15) is 48.7 Å². The van der Waals surface area contributed by atoms with Gasteiger partial charge < -0.3 is 9.88 Å². The number of benzene rings is 2. The van der Waals surface area contributed by atoms with Gasteiger partial charge in [0.25, 0.3) is 5.91 Å². The summed E-state index contributed by atoms with van der Waals surface area (Å²) in [6, 6.07) is 16.5. The molecule has 0 aliphatic carbocycles. The number of amides is 1.